The second-order valence-electron chi connectivity index (χ2n) is 5.50. The highest BCUT2D eigenvalue weighted by Crippen LogP contribution is 2.27. The summed E-state index contributed by atoms with van der Waals surface area (Å²) < 4.78 is 0. The normalized spacial score (nSPS) is 19.5. The van der Waals surface area contributed by atoms with Crippen LogP contribution in [0.5, 0.6) is 0 Å². The first-order chi connectivity index (χ1) is 8.11. The second-order valence-corrected chi connectivity index (χ2v) is 5.50. The van der Waals surface area contributed by atoms with Crippen molar-refractivity contribution in [2.24, 2.45) is 0 Å². The van der Waals surface area contributed by atoms with Gasteiger partial charge in [0.1, 0.15) is 0 Å². The first-order valence-corrected chi connectivity index (χ1v) is 6.62. The molecule has 17 heavy (non-hydrogen) atoms. The fraction of sp³-hybridized carbons (Fsp3) is 0.600. The van der Waals surface area contributed by atoms with Gasteiger partial charge in [0.2, 0.25) is 0 Å². The van der Waals surface area contributed by atoms with Crippen LogP contribution in [-0.4, -0.2) is 23.8 Å². The van der Waals surface area contributed by atoms with E-state index < -0.39 is 5.60 Å². The molecule has 0 aliphatic carbocycles. The standard InChI is InChI=1S/C15H23NO/c1-12(2)14-6-4-3-5-13(14)11-15(17)7-9-16-10-8-15/h3-6,12,16-17H,7-11H2,1-2H3. The first-order valence-electron chi connectivity index (χ1n) is 6.62. The highest BCUT2D eigenvalue weighted by Gasteiger charge is 2.30. The number of hydrogen-bond acceptors (Lipinski definition) is 2. The van der Waals surface area contributed by atoms with E-state index in [0.717, 1.165) is 32.4 Å². The molecule has 0 radical (unpaired) electrons. The average molecular weight is 233 g/mol. The summed E-state index contributed by atoms with van der Waals surface area (Å²) in [5, 5.41) is 13.9. The van der Waals surface area contributed by atoms with E-state index in [1.807, 2.05) is 0 Å². The van der Waals surface area contributed by atoms with E-state index in [2.05, 4.69) is 43.4 Å². The van der Waals surface area contributed by atoms with Gasteiger partial charge in [-0.1, -0.05) is 38.1 Å². The second kappa shape index (κ2) is 5.19. The summed E-state index contributed by atoms with van der Waals surface area (Å²) in [4.78, 5) is 0. The van der Waals surface area contributed by atoms with Gasteiger partial charge in [0.15, 0.2) is 0 Å². The van der Waals surface area contributed by atoms with Crippen LogP contribution < -0.4 is 5.32 Å². The minimum absolute atomic E-state index is 0.504. The molecule has 0 amide bonds. The van der Waals surface area contributed by atoms with E-state index in [1.165, 1.54) is 11.1 Å². The lowest BCUT2D eigenvalue weighted by Gasteiger charge is -2.33. The zero-order valence-electron chi connectivity index (χ0n) is 10.9. The molecule has 0 spiro atoms. The summed E-state index contributed by atoms with van der Waals surface area (Å²) in [7, 11) is 0. The highest BCUT2D eigenvalue weighted by atomic mass is 16.3. The largest absolute Gasteiger partial charge is 0.389 e. The summed E-state index contributed by atoms with van der Waals surface area (Å²) in [6.07, 6.45) is 2.52. The third-order valence-corrected chi connectivity index (χ3v) is 3.73. The molecule has 0 atom stereocenters. The third kappa shape index (κ3) is 3.08. The number of aliphatic hydroxyl groups is 1. The zero-order chi connectivity index (χ0) is 12.3. The van der Waals surface area contributed by atoms with Gasteiger partial charge in [-0.3, -0.25) is 0 Å². The first kappa shape index (κ1) is 12.6. The van der Waals surface area contributed by atoms with Crippen molar-refractivity contribution in [3.63, 3.8) is 0 Å². The van der Waals surface area contributed by atoms with Crippen molar-refractivity contribution >= 4 is 0 Å². The Kier molecular flexibility index (Phi) is 3.85. The number of rotatable bonds is 3. The molecular formula is C15H23NO. The molecule has 1 aromatic rings. The van der Waals surface area contributed by atoms with Gasteiger partial charge in [0, 0.05) is 6.42 Å². The SMILES string of the molecule is CC(C)c1ccccc1CC1(O)CCNCC1. The molecule has 2 N–H and O–H groups in total. The van der Waals surface area contributed by atoms with Crippen molar-refractivity contribution in [1.82, 2.24) is 5.32 Å². The lowest BCUT2D eigenvalue weighted by Crippen LogP contribution is -2.43. The molecule has 1 saturated heterocycles. The van der Waals surface area contributed by atoms with Crippen molar-refractivity contribution in [2.45, 2.75) is 44.6 Å². The van der Waals surface area contributed by atoms with Gasteiger partial charge in [0.05, 0.1) is 5.60 Å². The molecule has 2 heteroatoms. The van der Waals surface area contributed by atoms with Crippen LogP contribution in [0.1, 0.15) is 43.7 Å². The van der Waals surface area contributed by atoms with E-state index in [4.69, 9.17) is 0 Å². The molecular weight excluding hydrogens is 210 g/mol. The summed E-state index contributed by atoms with van der Waals surface area (Å²) in [5.41, 5.74) is 2.18. The van der Waals surface area contributed by atoms with E-state index in [9.17, 15) is 5.11 Å². The van der Waals surface area contributed by atoms with Crippen LogP contribution in [-0.2, 0) is 6.42 Å². The Morgan fingerprint density at radius 3 is 2.53 bits per heavy atom. The topological polar surface area (TPSA) is 32.3 Å². The van der Waals surface area contributed by atoms with Gasteiger partial charge >= 0.3 is 0 Å². The summed E-state index contributed by atoms with van der Waals surface area (Å²) in [6.45, 7) is 6.29. The van der Waals surface area contributed by atoms with Gasteiger partial charge in [0.25, 0.3) is 0 Å². The lowest BCUT2D eigenvalue weighted by atomic mass is 9.83. The maximum Gasteiger partial charge on any atom is 0.0712 e. The molecule has 1 heterocycles. The summed E-state index contributed by atoms with van der Waals surface area (Å²) in [5.74, 6) is 0.525. The monoisotopic (exact) mass is 233 g/mol. The lowest BCUT2D eigenvalue weighted by molar-refractivity contribution is 0.0106. The molecule has 1 aliphatic rings. The molecule has 0 saturated carbocycles. The molecule has 2 nitrogen and oxygen atoms in total. The molecule has 0 aromatic heterocycles. The fourth-order valence-corrected chi connectivity index (χ4v) is 2.68. The maximum atomic E-state index is 10.6. The number of piperidine rings is 1. The Labute approximate surface area is 104 Å². The van der Waals surface area contributed by atoms with Gasteiger partial charge in [-0.05, 0) is 43.0 Å². The van der Waals surface area contributed by atoms with Crippen LogP contribution in [0, 0.1) is 0 Å². The van der Waals surface area contributed by atoms with Crippen molar-refractivity contribution < 1.29 is 5.11 Å². The Morgan fingerprint density at radius 1 is 1.24 bits per heavy atom. The van der Waals surface area contributed by atoms with Crippen LogP contribution in [0.2, 0.25) is 0 Å². The third-order valence-electron chi connectivity index (χ3n) is 3.73. The Balaban J connectivity index is 2.17. The fourth-order valence-electron chi connectivity index (χ4n) is 2.68. The van der Waals surface area contributed by atoms with Crippen molar-refractivity contribution in [3.05, 3.63) is 35.4 Å². The summed E-state index contributed by atoms with van der Waals surface area (Å²) >= 11 is 0. The molecule has 0 bridgehead atoms. The Bertz CT molecular complexity index is 367. The van der Waals surface area contributed by atoms with E-state index in [1.54, 1.807) is 0 Å². The molecule has 1 aliphatic heterocycles. The molecule has 2 rings (SSSR count). The van der Waals surface area contributed by atoms with Gasteiger partial charge in [-0.2, -0.15) is 0 Å². The minimum atomic E-state index is -0.504. The number of hydrogen-bond donors (Lipinski definition) is 2. The molecule has 1 aromatic carbocycles. The maximum absolute atomic E-state index is 10.6. The predicted molar refractivity (Wildman–Crippen MR) is 71.3 cm³/mol. The van der Waals surface area contributed by atoms with Crippen LogP contribution in [0.25, 0.3) is 0 Å². The van der Waals surface area contributed by atoms with E-state index in [0.29, 0.717) is 5.92 Å². The van der Waals surface area contributed by atoms with Gasteiger partial charge in [-0.15, -0.1) is 0 Å². The van der Waals surface area contributed by atoms with E-state index in [-0.39, 0.29) is 0 Å². The predicted octanol–water partition coefficient (Wildman–Crippen LogP) is 2.47. The van der Waals surface area contributed by atoms with Crippen molar-refractivity contribution in [2.75, 3.05) is 13.1 Å². The van der Waals surface area contributed by atoms with Gasteiger partial charge < -0.3 is 10.4 Å². The molecule has 0 unspecified atom stereocenters. The highest BCUT2D eigenvalue weighted by molar-refractivity contribution is 5.31. The van der Waals surface area contributed by atoms with E-state index >= 15 is 0 Å². The minimum Gasteiger partial charge on any atom is -0.389 e. The number of benzene rings is 1. The van der Waals surface area contributed by atoms with Crippen molar-refractivity contribution in [1.29, 1.82) is 0 Å². The van der Waals surface area contributed by atoms with Crippen LogP contribution in [0.15, 0.2) is 24.3 Å². The molecule has 94 valence electrons. The zero-order valence-corrected chi connectivity index (χ0v) is 10.9. The Morgan fingerprint density at radius 2 is 1.88 bits per heavy atom. The van der Waals surface area contributed by atoms with Crippen LogP contribution in [0.4, 0.5) is 0 Å². The average Bonchev–Trinajstić information content (AvgIpc) is 2.29. The quantitative estimate of drug-likeness (QED) is 0.840. The smallest absolute Gasteiger partial charge is 0.0712 e. The Hall–Kier alpha value is -0.860. The molecule has 1 fully saturated rings. The van der Waals surface area contributed by atoms with Crippen LogP contribution >= 0.6 is 0 Å². The van der Waals surface area contributed by atoms with Gasteiger partial charge in [-0.25, -0.2) is 0 Å². The summed E-state index contributed by atoms with van der Waals surface area (Å²) in [6, 6.07) is 8.51. The van der Waals surface area contributed by atoms with Crippen LogP contribution in [0.3, 0.4) is 0 Å². The number of nitrogens with one attached hydrogen (secondary N) is 1. The van der Waals surface area contributed by atoms with Crippen molar-refractivity contribution in [3.8, 4) is 0 Å².